The fourth-order valence-corrected chi connectivity index (χ4v) is 1.35. The van der Waals surface area contributed by atoms with Gasteiger partial charge in [0.2, 0.25) is 0 Å². The molecule has 1 unspecified atom stereocenters. The Labute approximate surface area is 83.4 Å². The predicted octanol–water partition coefficient (Wildman–Crippen LogP) is 1.92. The van der Waals surface area contributed by atoms with E-state index < -0.39 is 11.6 Å². The molecule has 0 saturated heterocycles. The molecule has 1 rings (SSSR count). The lowest BCUT2D eigenvalue weighted by molar-refractivity contribution is -0.156. The van der Waals surface area contributed by atoms with Gasteiger partial charge in [-0.05, 0) is 18.6 Å². The smallest absolute Gasteiger partial charge is 0.340 e. The second kappa shape index (κ2) is 4.24. The Morgan fingerprint density at radius 2 is 2.43 bits per heavy atom. The fraction of sp³-hybridized carbons (Fsp3) is 0.364. The van der Waals surface area contributed by atoms with Crippen LogP contribution in [-0.2, 0) is 9.53 Å². The zero-order valence-electron chi connectivity index (χ0n) is 8.36. The highest BCUT2D eigenvalue weighted by atomic mass is 16.5. The highest BCUT2D eigenvalue weighted by Gasteiger charge is 2.36. The second-order valence-corrected chi connectivity index (χ2v) is 3.14. The van der Waals surface area contributed by atoms with Gasteiger partial charge in [-0.2, -0.15) is 0 Å². The van der Waals surface area contributed by atoms with Gasteiger partial charge in [-0.25, -0.2) is 4.79 Å². The number of ether oxygens (including phenoxy) is 1. The third kappa shape index (κ3) is 1.93. The summed E-state index contributed by atoms with van der Waals surface area (Å²) in [6, 6.07) is 0. The summed E-state index contributed by atoms with van der Waals surface area (Å²) < 4.78 is 5.01. The lowest BCUT2D eigenvalue weighted by Gasteiger charge is -2.25. The van der Waals surface area contributed by atoms with Gasteiger partial charge in [-0.1, -0.05) is 24.3 Å². The van der Waals surface area contributed by atoms with E-state index in [4.69, 9.17) is 9.84 Å². The SMILES string of the molecule is C/C=C/C1=CCC(OC)(C(=O)O)C=C1. The molecule has 0 radical (unpaired) electrons. The number of carboxylic acids is 1. The summed E-state index contributed by atoms with van der Waals surface area (Å²) in [5.74, 6) is -0.952. The molecule has 3 nitrogen and oxygen atoms in total. The average molecular weight is 194 g/mol. The monoisotopic (exact) mass is 194 g/mol. The van der Waals surface area contributed by atoms with E-state index in [1.54, 1.807) is 12.2 Å². The highest BCUT2D eigenvalue weighted by Crippen LogP contribution is 2.25. The second-order valence-electron chi connectivity index (χ2n) is 3.14. The van der Waals surface area contributed by atoms with Crippen molar-refractivity contribution in [3.63, 3.8) is 0 Å². The third-order valence-electron chi connectivity index (χ3n) is 2.27. The van der Waals surface area contributed by atoms with E-state index >= 15 is 0 Å². The highest BCUT2D eigenvalue weighted by molar-refractivity contribution is 5.81. The molecule has 1 aliphatic carbocycles. The molecule has 0 fully saturated rings. The Bertz CT molecular complexity index is 312. The van der Waals surface area contributed by atoms with Crippen LogP contribution < -0.4 is 0 Å². The first-order chi connectivity index (χ1) is 6.64. The van der Waals surface area contributed by atoms with Crippen LogP contribution in [0.2, 0.25) is 0 Å². The minimum absolute atomic E-state index is 0.370. The van der Waals surface area contributed by atoms with Crippen molar-refractivity contribution in [2.24, 2.45) is 0 Å². The first-order valence-electron chi connectivity index (χ1n) is 4.45. The van der Waals surface area contributed by atoms with Gasteiger partial charge in [-0.3, -0.25) is 0 Å². The molecule has 1 atom stereocenters. The van der Waals surface area contributed by atoms with Crippen LogP contribution in [0, 0.1) is 0 Å². The van der Waals surface area contributed by atoms with Crippen LogP contribution in [0.1, 0.15) is 13.3 Å². The summed E-state index contributed by atoms with van der Waals surface area (Å²) in [6.07, 6.45) is 9.42. The van der Waals surface area contributed by atoms with E-state index in [0.717, 1.165) is 5.57 Å². The normalized spacial score (nSPS) is 26.6. The number of hydrogen-bond acceptors (Lipinski definition) is 2. The maximum Gasteiger partial charge on any atom is 0.340 e. The van der Waals surface area contributed by atoms with Gasteiger partial charge >= 0.3 is 5.97 Å². The molecule has 3 heteroatoms. The van der Waals surface area contributed by atoms with Gasteiger partial charge in [0.25, 0.3) is 0 Å². The summed E-state index contributed by atoms with van der Waals surface area (Å²) in [5.41, 5.74) is -0.160. The van der Waals surface area contributed by atoms with Gasteiger partial charge in [0.15, 0.2) is 5.60 Å². The number of rotatable bonds is 3. The molecular weight excluding hydrogens is 180 g/mol. The molecule has 0 aromatic heterocycles. The van der Waals surface area contributed by atoms with Crippen molar-refractivity contribution in [2.45, 2.75) is 18.9 Å². The molecule has 0 aromatic carbocycles. The van der Waals surface area contributed by atoms with Gasteiger partial charge in [0, 0.05) is 13.5 Å². The number of allylic oxidation sites excluding steroid dienone is 4. The number of aliphatic carboxylic acids is 1. The molecule has 0 bridgehead atoms. The lowest BCUT2D eigenvalue weighted by Crippen LogP contribution is -2.39. The van der Waals surface area contributed by atoms with Crippen molar-refractivity contribution < 1.29 is 14.6 Å². The average Bonchev–Trinajstić information content (AvgIpc) is 2.19. The third-order valence-corrected chi connectivity index (χ3v) is 2.27. The van der Waals surface area contributed by atoms with Crippen LogP contribution in [0.15, 0.2) is 36.0 Å². The molecule has 1 aliphatic rings. The van der Waals surface area contributed by atoms with E-state index in [1.807, 2.05) is 25.2 Å². The van der Waals surface area contributed by atoms with Crippen molar-refractivity contribution in [3.05, 3.63) is 36.0 Å². The Balaban J connectivity index is 2.85. The van der Waals surface area contributed by atoms with Gasteiger partial charge in [-0.15, -0.1) is 0 Å². The van der Waals surface area contributed by atoms with Gasteiger partial charge in [0.1, 0.15) is 0 Å². The topological polar surface area (TPSA) is 46.5 Å². The van der Waals surface area contributed by atoms with Crippen molar-refractivity contribution in [1.29, 1.82) is 0 Å². The molecule has 0 aliphatic heterocycles. The van der Waals surface area contributed by atoms with Crippen LogP contribution in [0.3, 0.4) is 0 Å². The van der Waals surface area contributed by atoms with Crippen LogP contribution in [0.5, 0.6) is 0 Å². The Morgan fingerprint density at radius 3 is 2.79 bits per heavy atom. The summed E-state index contributed by atoms with van der Waals surface area (Å²) in [7, 11) is 1.41. The molecule has 0 amide bonds. The molecule has 0 spiro atoms. The molecular formula is C11H14O3. The first kappa shape index (κ1) is 10.7. The standard InChI is InChI=1S/C11H14O3/c1-3-4-9-5-7-11(14-2,8-6-9)10(12)13/h3-7H,8H2,1-2H3,(H,12,13)/b4-3+. The summed E-state index contributed by atoms with van der Waals surface area (Å²) in [6.45, 7) is 1.92. The molecule has 76 valence electrons. The van der Waals surface area contributed by atoms with E-state index in [1.165, 1.54) is 7.11 Å². The number of methoxy groups -OCH3 is 1. The van der Waals surface area contributed by atoms with Crippen LogP contribution in [0.25, 0.3) is 0 Å². The molecule has 0 saturated carbocycles. The minimum atomic E-state index is -1.18. The Kier molecular flexibility index (Phi) is 3.25. The molecule has 14 heavy (non-hydrogen) atoms. The van der Waals surface area contributed by atoms with Crippen molar-refractivity contribution in [2.75, 3.05) is 7.11 Å². The van der Waals surface area contributed by atoms with Crippen LogP contribution in [0.4, 0.5) is 0 Å². The van der Waals surface area contributed by atoms with Crippen LogP contribution >= 0.6 is 0 Å². The Morgan fingerprint density at radius 1 is 1.71 bits per heavy atom. The molecule has 0 heterocycles. The largest absolute Gasteiger partial charge is 0.479 e. The number of carbonyl (C=O) groups is 1. The van der Waals surface area contributed by atoms with E-state index in [-0.39, 0.29) is 0 Å². The van der Waals surface area contributed by atoms with Crippen molar-refractivity contribution in [1.82, 2.24) is 0 Å². The summed E-state index contributed by atoms with van der Waals surface area (Å²) in [4.78, 5) is 10.9. The molecule has 1 N–H and O–H groups in total. The quantitative estimate of drug-likeness (QED) is 0.746. The zero-order chi connectivity index (χ0) is 10.6. The maximum absolute atomic E-state index is 10.9. The van der Waals surface area contributed by atoms with E-state index in [9.17, 15) is 4.79 Å². The van der Waals surface area contributed by atoms with E-state index in [2.05, 4.69) is 0 Å². The van der Waals surface area contributed by atoms with Gasteiger partial charge < -0.3 is 9.84 Å². The fourth-order valence-electron chi connectivity index (χ4n) is 1.35. The van der Waals surface area contributed by atoms with E-state index in [0.29, 0.717) is 6.42 Å². The van der Waals surface area contributed by atoms with Crippen molar-refractivity contribution >= 4 is 5.97 Å². The maximum atomic E-state index is 10.9. The zero-order valence-corrected chi connectivity index (χ0v) is 8.36. The van der Waals surface area contributed by atoms with Crippen molar-refractivity contribution in [3.8, 4) is 0 Å². The number of carboxylic acid groups (broad SMARTS) is 1. The molecule has 0 aromatic rings. The van der Waals surface area contributed by atoms with Gasteiger partial charge in [0.05, 0.1) is 0 Å². The first-order valence-corrected chi connectivity index (χ1v) is 4.45. The lowest BCUT2D eigenvalue weighted by atomic mass is 9.92. The predicted molar refractivity (Wildman–Crippen MR) is 54.0 cm³/mol. The summed E-state index contributed by atoms with van der Waals surface area (Å²) in [5, 5.41) is 8.98. The minimum Gasteiger partial charge on any atom is -0.479 e. The Hall–Kier alpha value is -1.35. The number of hydrogen-bond donors (Lipinski definition) is 1. The van der Waals surface area contributed by atoms with Crippen LogP contribution in [-0.4, -0.2) is 23.8 Å². The summed E-state index contributed by atoms with van der Waals surface area (Å²) >= 11 is 0.